The van der Waals surface area contributed by atoms with Crippen LogP contribution in [-0.4, -0.2) is 14.5 Å². The zero-order valence-electron chi connectivity index (χ0n) is 26.8. The minimum Gasteiger partial charge on any atom is -0.291 e. The Morgan fingerprint density at radius 2 is 1.12 bits per heavy atom. The largest absolute Gasteiger partial charge is 0.291 e. The van der Waals surface area contributed by atoms with Gasteiger partial charge in [-0.2, -0.15) is 0 Å². The number of rotatable bonds is 3. The normalized spacial score (nSPS) is 13.4. The van der Waals surface area contributed by atoms with Gasteiger partial charge in [0.15, 0.2) is 5.82 Å². The Morgan fingerprint density at radius 3 is 1.96 bits per heavy atom. The van der Waals surface area contributed by atoms with E-state index in [9.17, 15) is 0 Å². The van der Waals surface area contributed by atoms with Crippen LogP contribution >= 0.6 is 0 Å². The summed E-state index contributed by atoms with van der Waals surface area (Å²) in [7, 11) is 0. The predicted molar refractivity (Wildman–Crippen MR) is 200 cm³/mol. The van der Waals surface area contributed by atoms with Crippen LogP contribution < -0.4 is 0 Å². The van der Waals surface area contributed by atoms with Gasteiger partial charge in [0, 0.05) is 27.3 Å². The summed E-state index contributed by atoms with van der Waals surface area (Å²) in [5.74, 6) is 0.830. The molecule has 226 valence electrons. The van der Waals surface area contributed by atoms with Crippen LogP contribution in [0.1, 0.15) is 25.0 Å². The highest BCUT2D eigenvalue weighted by molar-refractivity contribution is 6.18. The molecule has 0 unspecified atom stereocenters. The van der Waals surface area contributed by atoms with Crippen molar-refractivity contribution in [2.45, 2.75) is 19.3 Å². The zero-order chi connectivity index (χ0) is 32.0. The minimum absolute atomic E-state index is 0.0927. The van der Waals surface area contributed by atoms with Crippen LogP contribution in [0.2, 0.25) is 0 Å². The molecule has 0 amide bonds. The van der Waals surface area contributed by atoms with Gasteiger partial charge in [0.2, 0.25) is 0 Å². The lowest BCUT2D eigenvalue weighted by molar-refractivity contribution is 0.660. The molecule has 2 heterocycles. The van der Waals surface area contributed by atoms with Crippen molar-refractivity contribution in [3.05, 3.63) is 163 Å². The molecule has 0 fully saturated rings. The number of para-hydroxylation sites is 3. The van der Waals surface area contributed by atoms with Crippen LogP contribution in [0.15, 0.2) is 152 Å². The molecule has 3 nitrogen and oxygen atoms in total. The van der Waals surface area contributed by atoms with Gasteiger partial charge in [-0.1, -0.05) is 141 Å². The number of benzene rings is 7. The second-order valence-electron chi connectivity index (χ2n) is 13.4. The maximum atomic E-state index is 5.44. The standard InChI is InChI=1S/C45H31N3/c1-45(2)36-22-9-8-18-34(36)41-31(19-13-23-37(41)45)32-20-12-21-33-35-26-29-16-6-7-17-30(29)27-40(35)48(43(32)33)44-42(28-14-4-3-5-15-28)46-38-24-10-11-25-39(38)47-44/h3-27H,1-2H3. The van der Waals surface area contributed by atoms with Crippen molar-refractivity contribution in [1.29, 1.82) is 0 Å². The van der Waals surface area contributed by atoms with E-state index in [1.807, 2.05) is 12.1 Å². The molecule has 0 saturated heterocycles. The number of hydrogen-bond acceptors (Lipinski definition) is 2. The lowest BCUT2D eigenvalue weighted by Crippen LogP contribution is -2.14. The van der Waals surface area contributed by atoms with Crippen molar-refractivity contribution in [1.82, 2.24) is 14.5 Å². The molecular formula is C45H31N3. The summed E-state index contributed by atoms with van der Waals surface area (Å²) >= 11 is 0. The maximum absolute atomic E-state index is 5.44. The van der Waals surface area contributed by atoms with Crippen LogP contribution in [0.5, 0.6) is 0 Å². The Morgan fingerprint density at radius 1 is 0.500 bits per heavy atom. The van der Waals surface area contributed by atoms with Gasteiger partial charge in [0.05, 0.1) is 22.1 Å². The zero-order valence-corrected chi connectivity index (χ0v) is 26.8. The first-order valence-electron chi connectivity index (χ1n) is 16.6. The summed E-state index contributed by atoms with van der Waals surface area (Å²) in [6.45, 7) is 4.70. The molecule has 2 aromatic heterocycles. The molecule has 3 heteroatoms. The summed E-state index contributed by atoms with van der Waals surface area (Å²) in [5.41, 5.74) is 13.6. The molecule has 0 aliphatic heterocycles. The average molecular weight is 614 g/mol. The van der Waals surface area contributed by atoms with Crippen molar-refractivity contribution < 1.29 is 0 Å². The van der Waals surface area contributed by atoms with E-state index < -0.39 is 0 Å². The van der Waals surface area contributed by atoms with Crippen LogP contribution in [0, 0.1) is 0 Å². The lowest BCUT2D eigenvalue weighted by atomic mass is 9.82. The van der Waals surface area contributed by atoms with Gasteiger partial charge in [-0.15, -0.1) is 0 Å². The van der Waals surface area contributed by atoms with Crippen molar-refractivity contribution in [2.24, 2.45) is 0 Å². The lowest BCUT2D eigenvalue weighted by Gasteiger charge is -2.21. The summed E-state index contributed by atoms with van der Waals surface area (Å²) in [4.78, 5) is 10.7. The monoisotopic (exact) mass is 613 g/mol. The smallest absolute Gasteiger partial charge is 0.165 e. The molecule has 0 radical (unpaired) electrons. The molecule has 0 saturated carbocycles. The average Bonchev–Trinajstić information content (AvgIpc) is 3.58. The van der Waals surface area contributed by atoms with E-state index in [0.717, 1.165) is 39.1 Å². The first-order chi connectivity index (χ1) is 23.6. The second kappa shape index (κ2) is 9.97. The third-order valence-corrected chi connectivity index (χ3v) is 10.4. The third kappa shape index (κ3) is 3.76. The van der Waals surface area contributed by atoms with Gasteiger partial charge in [-0.25, -0.2) is 9.97 Å². The Labute approximate surface area is 278 Å². The maximum Gasteiger partial charge on any atom is 0.165 e. The van der Waals surface area contributed by atoms with E-state index in [0.29, 0.717) is 0 Å². The number of hydrogen-bond donors (Lipinski definition) is 0. The Kier molecular flexibility index (Phi) is 5.63. The fraction of sp³-hybridized carbons (Fsp3) is 0.0667. The Balaban J connectivity index is 1.40. The SMILES string of the molecule is CC1(C)c2ccccc2-c2c(-c3cccc4c5cc6ccccc6cc5n(-c5nc6ccccc6nc5-c5ccccc5)c34)cccc21. The van der Waals surface area contributed by atoms with Gasteiger partial charge in [0.1, 0.15) is 5.69 Å². The molecule has 0 N–H and O–H groups in total. The van der Waals surface area contributed by atoms with E-state index >= 15 is 0 Å². The molecule has 1 aliphatic carbocycles. The molecule has 0 bridgehead atoms. The number of nitrogens with zero attached hydrogens (tertiary/aromatic N) is 3. The van der Waals surface area contributed by atoms with Crippen LogP contribution in [0.25, 0.3) is 82.9 Å². The van der Waals surface area contributed by atoms with Crippen molar-refractivity contribution >= 4 is 43.6 Å². The van der Waals surface area contributed by atoms with Gasteiger partial charge in [0.25, 0.3) is 0 Å². The summed E-state index contributed by atoms with van der Waals surface area (Å²) in [6, 6.07) is 54.5. The van der Waals surface area contributed by atoms with E-state index in [1.165, 1.54) is 54.9 Å². The molecule has 0 atom stereocenters. The van der Waals surface area contributed by atoms with E-state index in [-0.39, 0.29) is 5.41 Å². The topological polar surface area (TPSA) is 30.7 Å². The van der Waals surface area contributed by atoms with Gasteiger partial charge < -0.3 is 0 Å². The van der Waals surface area contributed by atoms with Crippen molar-refractivity contribution in [3.8, 4) is 39.3 Å². The molecule has 1 aliphatic rings. The third-order valence-electron chi connectivity index (χ3n) is 10.4. The predicted octanol–water partition coefficient (Wildman–Crippen LogP) is 11.5. The molecule has 0 spiro atoms. The summed E-state index contributed by atoms with van der Waals surface area (Å²) in [6.07, 6.45) is 0. The highest BCUT2D eigenvalue weighted by Gasteiger charge is 2.37. The van der Waals surface area contributed by atoms with Crippen LogP contribution in [0.4, 0.5) is 0 Å². The fourth-order valence-corrected chi connectivity index (χ4v) is 8.10. The summed E-state index contributed by atoms with van der Waals surface area (Å²) in [5, 5.41) is 4.82. The molecule has 48 heavy (non-hydrogen) atoms. The molecule has 9 aromatic rings. The highest BCUT2D eigenvalue weighted by atomic mass is 15.1. The van der Waals surface area contributed by atoms with E-state index in [2.05, 4.69) is 158 Å². The minimum atomic E-state index is -0.0927. The molecular weight excluding hydrogens is 583 g/mol. The fourth-order valence-electron chi connectivity index (χ4n) is 8.10. The van der Waals surface area contributed by atoms with Gasteiger partial charge in [-0.05, 0) is 62.9 Å². The number of fused-ring (bicyclic) bond motifs is 8. The Hall–Kier alpha value is -6.06. The van der Waals surface area contributed by atoms with Gasteiger partial charge in [-0.3, -0.25) is 4.57 Å². The van der Waals surface area contributed by atoms with E-state index in [4.69, 9.17) is 9.97 Å². The summed E-state index contributed by atoms with van der Waals surface area (Å²) < 4.78 is 2.39. The first-order valence-corrected chi connectivity index (χ1v) is 16.6. The second-order valence-corrected chi connectivity index (χ2v) is 13.4. The van der Waals surface area contributed by atoms with Crippen molar-refractivity contribution in [2.75, 3.05) is 0 Å². The quantitative estimate of drug-likeness (QED) is 0.198. The van der Waals surface area contributed by atoms with E-state index in [1.54, 1.807) is 0 Å². The molecule has 10 rings (SSSR count). The first kappa shape index (κ1) is 27.1. The highest BCUT2D eigenvalue weighted by Crippen LogP contribution is 2.53. The van der Waals surface area contributed by atoms with Gasteiger partial charge >= 0.3 is 0 Å². The van der Waals surface area contributed by atoms with Crippen LogP contribution in [0.3, 0.4) is 0 Å². The Bertz CT molecular complexity index is 2750. The van der Waals surface area contributed by atoms with Crippen LogP contribution in [-0.2, 0) is 5.41 Å². The van der Waals surface area contributed by atoms with Crippen molar-refractivity contribution in [3.63, 3.8) is 0 Å². The number of aromatic nitrogens is 3. The molecule has 7 aromatic carbocycles.